The monoisotopic (exact) mass is 242 g/mol. The van der Waals surface area contributed by atoms with Crippen LogP contribution >= 0.6 is 0 Å². The van der Waals surface area contributed by atoms with Crippen LogP contribution in [-0.2, 0) is 4.74 Å². The van der Waals surface area contributed by atoms with E-state index in [0.717, 1.165) is 6.42 Å². The molecule has 3 N–H and O–H groups in total. The van der Waals surface area contributed by atoms with Crippen molar-refractivity contribution in [2.45, 2.75) is 25.5 Å². The number of nitrogens with two attached hydrogens (primary N) is 1. The maximum absolute atomic E-state index is 14.1. The molecule has 2 unspecified atom stereocenters. The Balaban J connectivity index is 3.11. The van der Waals surface area contributed by atoms with E-state index in [1.807, 2.05) is 6.92 Å². The molecule has 1 rings (SSSR count). The van der Waals surface area contributed by atoms with Crippen LogP contribution in [0.2, 0.25) is 0 Å². The first-order chi connectivity index (χ1) is 8.19. The zero-order valence-corrected chi connectivity index (χ0v) is 10.4. The summed E-state index contributed by atoms with van der Waals surface area (Å²) in [6.07, 6.45) is 0.531. The summed E-state index contributed by atoms with van der Waals surface area (Å²) in [5, 5.41) is 0. The summed E-state index contributed by atoms with van der Waals surface area (Å²) in [6.45, 7) is 1.95. The van der Waals surface area contributed by atoms with Crippen molar-refractivity contribution in [3.8, 4) is 5.75 Å². The minimum atomic E-state index is -0.409. The van der Waals surface area contributed by atoms with E-state index in [1.165, 1.54) is 7.11 Å². The number of halogens is 1. The Labute approximate surface area is 101 Å². The van der Waals surface area contributed by atoms with Crippen LogP contribution < -0.4 is 16.0 Å². The Hall–Kier alpha value is -1.17. The molecular formula is C12H19FN2O2. The van der Waals surface area contributed by atoms with Gasteiger partial charge in [0.25, 0.3) is 0 Å². The van der Waals surface area contributed by atoms with Gasteiger partial charge in [0, 0.05) is 12.7 Å². The van der Waals surface area contributed by atoms with Crippen LogP contribution in [0.3, 0.4) is 0 Å². The third kappa shape index (κ3) is 2.94. The molecule has 0 aliphatic heterocycles. The third-order valence-corrected chi connectivity index (χ3v) is 2.80. The van der Waals surface area contributed by atoms with Gasteiger partial charge in [0.15, 0.2) is 11.6 Å². The van der Waals surface area contributed by atoms with Crippen molar-refractivity contribution in [3.63, 3.8) is 0 Å². The van der Waals surface area contributed by atoms with Crippen molar-refractivity contribution in [1.29, 1.82) is 0 Å². The van der Waals surface area contributed by atoms with Gasteiger partial charge in [0.05, 0.1) is 19.3 Å². The Morgan fingerprint density at radius 2 is 2.12 bits per heavy atom. The topological polar surface area (TPSA) is 56.5 Å². The van der Waals surface area contributed by atoms with Crippen molar-refractivity contribution in [3.05, 3.63) is 29.6 Å². The number of methoxy groups -OCH3 is 2. The summed E-state index contributed by atoms with van der Waals surface area (Å²) in [7, 11) is 3.01. The van der Waals surface area contributed by atoms with Crippen molar-refractivity contribution in [2.75, 3.05) is 14.2 Å². The lowest BCUT2D eigenvalue weighted by molar-refractivity contribution is 0.0638. The second-order valence-corrected chi connectivity index (χ2v) is 3.69. The van der Waals surface area contributed by atoms with Crippen molar-refractivity contribution in [1.82, 2.24) is 5.43 Å². The average Bonchev–Trinajstić information content (AvgIpc) is 2.36. The molecule has 0 aromatic heterocycles. The quantitative estimate of drug-likeness (QED) is 0.589. The zero-order valence-electron chi connectivity index (χ0n) is 10.4. The molecule has 4 nitrogen and oxygen atoms in total. The highest BCUT2D eigenvalue weighted by Gasteiger charge is 2.24. The number of benzene rings is 1. The summed E-state index contributed by atoms with van der Waals surface area (Å²) in [6, 6.07) is 4.56. The third-order valence-electron chi connectivity index (χ3n) is 2.80. The van der Waals surface area contributed by atoms with Crippen LogP contribution in [0.15, 0.2) is 18.2 Å². The summed E-state index contributed by atoms with van der Waals surface area (Å²) in [5.41, 5.74) is 3.04. The van der Waals surface area contributed by atoms with Crippen molar-refractivity contribution in [2.24, 2.45) is 5.84 Å². The lowest BCUT2D eigenvalue weighted by Crippen LogP contribution is -2.37. The fourth-order valence-corrected chi connectivity index (χ4v) is 1.86. The van der Waals surface area contributed by atoms with Crippen LogP contribution in [-0.4, -0.2) is 20.3 Å². The first-order valence-corrected chi connectivity index (χ1v) is 5.50. The number of ether oxygens (including phenoxy) is 2. The van der Waals surface area contributed by atoms with E-state index in [0.29, 0.717) is 5.56 Å². The molecule has 0 radical (unpaired) electrons. The second kappa shape index (κ2) is 6.54. The number of hydrogen-bond donors (Lipinski definition) is 2. The van der Waals surface area contributed by atoms with Crippen molar-refractivity contribution < 1.29 is 13.9 Å². The molecule has 96 valence electrons. The molecule has 0 fully saturated rings. The predicted octanol–water partition coefficient (Wildman–Crippen LogP) is 1.76. The van der Waals surface area contributed by atoms with Gasteiger partial charge < -0.3 is 9.47 Å². The molecule has 0 amide bonds. The van der Waals surface area contributed by atoms with Crippen molar-refractivity contribution >= 4 is 0 Å². The Kier molecular flexibility index (Phi) is 5.34. The lowest BCUT2D eigenvalue weighted by atomic mass is 9.99. The van der Waals surface area contributed by atoms with E-state index in [1.54, 1.807) is 25.3 Å². The van der Waals surface area contributed by atoms with Crippen LogP contribution in [0.25, 0.3) is 0 Å². The molecule has 17 heavy (non-hydrogen) atoms. The minimum absolute atomic E-state index is 0.193. The van der Waals surface area contributed by atoms with Gasteiger partial charge in [-0.2, -0.15) is 0 Å². The fraction of sp³-hybridized carbons (Fsp3) is 0.500. The minimum Gasteiger partial charge on any atom is -0.494 e. The predicted molar refractivity (Wildman–Crippen MR) is 64.1 cm³/mol. The molecule has 0 bridgehead atoms. The molecule has 0 spiro atoms. The molecule has 0 aliphatic rings. The summed E-state index contributed by atoms with van der Waals surface area (Å²) >= 11 is 0. The van der Waals surface area contributed by atoms with Gasteiger partial charge in [-0.3, -0.25) is 11.3 Å². The average molecular weight is 242 g/mol. The van der Waals surface area contributed by atoms with Gasteiger partial charge in [-0.25, -0.2) is 4.39 Å². The number of nitrogens with one attached hydrogen (secondary N) is 1. The Morgan fingerprint density at radius 1 is 1.41 bits per heavy atom. The normalized spacial score (nSPS) is 14.4. The smallest absolute Gasteiger partial charge is 0.169 e. The molecule has 0 aliphatic carbocycles. The van der Waals surface area contributed by atoms with Gasteiger partial charge in [-0.05, 0) is 12.5 Å². The van der Waals surface area contributed by atoms with E-state index in [-0.39, 0.29) is 11.9 Å². The number of rotatable bonds is 6. The lowest BCUT2D eigenvalue weighted by Gasteiger charge is -2.25. The highest BCUT2D eigenvalue weighted by atomic mass is 19.1. The maximum Gasteiger partial charge on any atom is 0.169 e. The van der Waals surface area contributed by atoms with E-state index in [4.69, 9.17) is 15.3 Å². The maximum atomic E-state index is 14.1. The molecule has 5 heteroatoms. The van der Waals surface area contributed by atoms with Gasteiger partial charge in [0.2, 0.25) is 0 Å². The SMILES string of the molecule is CCC(OC)C(NN)c1cccc(OC)c1F. The van der Waals surface area contributed by atoms with E-state index in [2.05, 4.69) is 5.43 Å². The van der Waals surface area contributed by atoms with Crippen LogP contribution in [0.1, 0.15) is 24.9 Å². The fourth-order valence-electron chi connectivity index (χ4n) is 1.86. The largest absolute Gasteiger partial charge is 0.494 e. The highest BCUT2D eigenvalue weighted by Crippen LogP contribution is 2.28. The van der Waals surface area contributed by atoms with Gasteiger partial charge in [0.1, 0.15) is 0 Å². The molecular weight excluding hydrogens is 223 g/mol. The van der Waals surface area contributed by atoms with Crippen LogP contribution in [0.4, 0.5) is 4.39 Å². The molecule has 0 saturated carbocycles. The van der Waals surface area contributed by atoms with E-state index >= 15 is 0 Å². The molecule has 0 saturated heterocycles. The van der Waals surface area contributed by atoms with E-state index < -0.39 is 11.9 Å². The zero-order chi connectivity index (χ0) is 12.8. The summed E-state index contributed by atoms with van der Waals surface area (Å²) in [4.78, 5) is 0. The first-order valence-electron chi connectivity index (χ1n) is 5.50. The molecule has 1 aromatic carbocycles. The van der Waals surface area contributed by atoms with Gasteiger partial charge in [-0.1, -0.05) is 19.1 Å². The molecule has 1 aromatic rings. The first kappa shape index (κ1) is 13.9. The Bertz CT molecular complexity index is 356. The van der Waals surface area contributed by atoms with Gasteiger partial charge in [-0.15, -0.1) is 0 Å². The second-order valence-electron chi connectivity index (χ2n) is 3.69. The molecule has 2 atom stereocenters. The number of hydrazine groups is 1. The standard InChI is InChI=1S/C12H19FN2O2/c1-4-9(16-2)12(15-14)8-6-5-7-10(17-3)11(8)13/h5-7,9,12,15H,4,14H2,1-3H3. The molecule has 0 heterocycles. The van der Waals surface area contributed by atoms with Crippen LogP contribution in [0.5, 0.6) is 5.75 Å². The Morgan fingerprint density at radius 3 is 2.59 bits per heavy atom. The summed E-state index contributed by atoms with van der Waals surface area (Å²) < 4.78 is 24.3. The van der Waals surface area contributed by atoms with E-state index in [9.17, 15) is 4.39 Å². The van der Waals surface area contributed by atoms with Crippen LogP contribution in [0, 0.1) is 5.82 Å². The summed E-state index contributed by atoms with van der Waals surface area (Å²) in [5.74, 6) is 5.27. The number of hydrogen-bond acceptors (Lipinski definition) is 4. The van der Waals surface area contributed by atoms with Gasteiger partial charge >= 0.3 is 0 Å². The highest BCUT2D eigenvalue weighted by molar-refractivity contribution is 5.33.